The second-order valence-corrected chi connectivity index (χ2v) is 8.30. The number of amides is 1. The van der Waals surface area contributed by atoms with Crippen molar-refractivity contribution in [1.29, 1.82) is 0 Å². The van der Waals surface area contributed by atoms with E-state index in [9.17, 15) is 18.0 Å². The van der Waals surface area contributed by atoms with Gasteiger partial charge in [-0.05, 0) is 44.9 Å². The molecular weight excluding hydrogens is 356 g/mol. The molecule has 0 radical (unpaired) electrons. The molecular formula is C18H28N2O5S. The number of ether oxygens (including phenoxy) is 1. The molecule has 0 heterocycles. The van der Waals surface area contributed by atoms with Gasteiger partial charge in [0.15, 0.2) is 6.61 Å². The molecule has 8 heteroatoms. The van der Waals surface area contributed by atoms with Crippen LogP contribution in [0.25, 0.3) is 0 Å². The van der Waals surface area contributed by atoms with E-state index in [0.29, 0.717) is 0 Å². The summed E-state index contributed by atoms with van der Waals surface area (Å²) >= 11 is 0. The van der Waals surface area contributed by atoms with Crippen LogP contribution < -0.4 is 5.32 Å². The van der Waals surface area contributed by atoms with Crippen LogP contribution in [-0.4, -0.2) is 50.3 Å². The van der Waals surface area contributed by atoms with E-state index in [4.69, 9.17) is 4.74 Å². The molecule has 1 N–H and O–H groups in total. The fraction of sp³-hybridized carbons (Fsp3) is 0.556. The molecule has 0 atom stereocenters. The first-order valence-electron chi connectivity index (χ1n) is 8.68. The van der Waals surface area contributed by atoms with E-state index in [1.54, 1.807) is 13.8 Å². The topological polar surface area (TPSA) is 92.8 Å². The molecule has 1 aromatic rings. The number of hydrogen-bond donors (Lipinski definition) is 1. The molecule has 26 heavy (non-hydrogen) atoms. The van der Waals surface area contributed by atoms with Crippen LogP contribution in [0.2, 0.25) is 0 Å². The van der Waals surface area contributed by atoms with E-state index in [1.165, 1.54) is 35.6 Å². The molecule has 0 aliphatic carbocycles. The lowest BCUT2D eigenvalue weighted by Gasteiger charge is -2.21. The first-order valence-corrected chi connectivity index (χ1v) is 10.1. The zero-order valence-corrected chi connectivity index (χ0v) is 16.8. The summed E-state index contributed by atoms with van der Waals surface area (Å²) < 4.78 is 31.2. The van der Waals surface area contributed by atoms with Crippen molar-refractivity contribution >= 4 is 21.9 Å². The van der Waals surface area contributed by atoms with Crippen LogP contribution in [0.15, 0.2) is 29.2 Å². The van der Waals surface area contributed by atoms with Gasteiger partial charge in [0.25, 0.3) is 5.91 Å². The van der Waals surface area contributed by atoms with Crippen LogP contribution in [-0.2, 0) is 19.6 Å². The summed E-state index contributed by atoms with van der Waals surface area (Å²) in [5, 5.41) is 2.77. The highest BCUT2D eigenvalue weighted by molar-refractivity contribution is 7.89. The minimum absolute atomic E-state index is 0.00429. The largest absolute Gasteiger partial charge is 0.452 e. The average molecular weight is 384 g/mol. The van der Waals surface area contributed by atoms with Crippen LogP contribution >= 0.6 is 0 Å². The number of hydrogen-bond acceptors (Lipinski definition) is 5. The SMILES string of the molecule is CCC(CC)NC(=O)COC(=O)c1cccc(S(=O)(=O)N(C)C(C)C)c1. The summed E-state index contributed by atoms with van der Waals surface area (Å²) in [6.45, 7) is 7.03. The predicted molar refractivity (Wildman–Crippen MR) is 99.3 cm³/mol. The Kier molecular flexibility index (Phi) is 8.23. The predicted octanol–water partition coefficient (Wildman–Crippen LogP) is 2.18. The van der Waals surface area contributed by atoms with Crippen LogP contribution in [0.5, 0.6) is 0 Å². The number of rotatable bonds is 9. The third-order valence-electron chi connectivity index (χ3n) is 4.16. The Bertz CT molecular complexity index is 727. The number of carbonyl (C=O) groups is 2. The number of sulfonamides is 1. The van der Waals surface area contributed by atoms with Gasteiger partial charge < -0.3 is 10.1 Å². The van der Waals surface area contributed by atoms with E-state index in [-0.39, 0.29) is 28.4 Å². The molecule has 0 bridgehead atoms. The fourth-order valence-corrected chi connectivity index (χ4v) is 3.62. The Morgan fingerprint density at radius 3 is 2.35 bits per heavy atom. The van der Waals surface area contributed by atoms with Gasteiger partial charge in [0.1, 0.15) is 0 Å². The molecule has 0 aliphatic heterocycles. The van der Waals surface area contributed by atoms with Crippen molar-refractivity contribution in [2.75, 3.05) is 13.7 Å². The van der Waals surface area contributed by atoms with Crippen molar-refractivity contribution < 1.29 is 22.7 Å². The van der Waals surface area contributed by atoms with Crippen LogP contribution in [0.3, 0.4) is 0 Å². The number of nitrogens with one attached hydrogen (secondary N) is 1. The molecule has 0 fully saturated rings. The summed E-state index contributed by atoms with van der Waals surface area (Å²) in [6.07, 6.45) is 1.58. The Morgan fingerprint density at radius 2 is 1.81 bits per heavy atom. The molecule has 146 valence electrons. The van der Waals surface area contributed by atoms with Gasteiger partial charge in [0.2, 0.25) is 10.0 Å². The zero-order chi connectivity index (χ0) is 19.9. The van der Waals surface area contributed by atoms with Crippen LogP contribution in [0.4, 0.5) is 0 Å². The van der Waals surface area contributed by atoms with Gasteiger partial charge in [0.05, 0.1) is 10.5 Å². The van der Waals surface area contributed by atoms with Gasteiger partial charge in [0, 0.05) is 19.1 Å². The highest BCUT2D eigenvalue weighted by atomic mass is 32.2. The standard InChI is InChI=1S/C18H28N2O5S/c1-6-15(7-2)19-17(21)12-25-18(22)14-9-8-10-16(11-14)26(23,24)20(5)13(3)4/h8-11,13,15H,6-7,12H2,1-5H3,(H,19,21). The molecule has 7 nitrogen and oxygen atoms in total. The summed E-state index contributed by atoms with van der Waals surface area (Å²) in [5.74, 6) is -1.12. The van der Waals surface area contributed by atoms with Crippen molar-refractivity contribution in [2.24, 2.45) is 0 Å². The third kappa shape index (κ3) is 5.81. The molecule has 0 saturated carbocycles. The Balaban J connectivity index is 2.82. The van der Waals surface area contributed by atoms with Crippen molar-refractivity contribution in [3.05, 3.63) is 29.8 Å². The molecule has 1 aromatic carbocycles. The third-order valence-corrected chi connectivity index (χ3v) is 6.19. The normalized spacial score (nSPS) is 11.8. The first kappa shape index (κ1) is 22.1. The lowest BCUT2D eigenvalue weighted by molar-refractivity contribution is -0.125. The minimum Gasteiger partial charge on any atom is -0.452 e. The lowest BCUT2D eigenvalue weighted by atomic mass is 10.2. The van der Waals surface area contributed by atoms with Gasteiger partial charge in [-0.3, -0.25) is 4.79 Å². The van der Waals surface area contributed by atoms with Crippen molar-refractivity contribution in [3.63, 3.8) is 0 Å². The van der Waals surface area contributed by atoms with Gasteiger partial charge in [-0.25, -0.2) is 13.2 Å². The monoisotopic (exact) mass is 384 g/mol. The minimum atomic E-state index is -3.70. The van der Waals surface area contributed by atoms with Gasteiger partial charge >= 0.3 is 5.97 Å². The van der Waals surface area contributed by atoms with E-state index >= 15 is 0 Å². The molecule has 0 unspecified atom stereocenters. The Morgan fingerprint density at radius 1 is 1.19 bits per heavy atom. The summed E-state index contributed by atoms with van der Waals surface area (Å²) in [7, 11) is -2.22. The van der Waals surface area contributed by atoms with Gasteiger partial charge in [-0.1, -0.05) is 19.9 Å². The molecule has 1 rings (SSSR count). The molecule has 1 amide bonds. The van der Waals surface area contributed by atoms with E-state index in [1.807, 2.05) is 13.8 Å². The second-order valence-electron chi connectivity index (χ2n) is 6.30. The van der Waals surface area contributed by atoms with Crippen molar-refractivity contribution in [2.45, 2.75) is 57.5 Å². The number of carbonyl (C=O) groups excluding carboxylic acids is 2. The number of nitrogens with zero attached hydrogens (tertiary/aromatic N) is 1. The Hall–Kier alpha value is -1.93. The molecule has 0 saturated heterocycles. The summed E-state index contributed by atoms with van der Waals surface area (Å²) in [6, 6.07) is 5.43. The lowest BCUT2D eigenvalue weighted by Crippen LogP contribution is -2.36. The molecule has 0 spiro atoms. The van der Waals surface area contributed by atoms with Gasteiger partial charge in [-0.15, -0.1) is 0 Å². The number of esters is 1. The van der Waals surface area contributed by atoms with Crippen molar-refractivity contribution in [3.8, 4) is 0 Å². The van der Waals surface area contributed by atoms with Crippen LogP contribution in [0, 0.1) is 0 Å². The maximum Gasteiger partial charge on any atom is 0.338 e. The average Bonchev–Trinajstić information content (AvgIpc) is 2.63. The highest BCUT2D eigenvalue weighted by Crippen LogP contribution is 2.18. The zero-order valence-electron chi connectivity index (χ0n) is 16.0. The van der Waals surface area contributed by atoms with E-state index in [2.05, 4.69) is 5.32 Å². The number of benzene rings is 1. The maximum atomic E-state index is 12.5. The maximum absolute atomic E-state index is 12.5. The molecule has 0 aromatic heterocycles. The molecule has 0 aliphatic rings. The van der Waals surface area contributed by atoms with Crippen LogP contribution in [0.1, 0.15) is 50.9 Å². The second kappa shape index (κ2) is 9.68. The smallest absolute Gasteiger partial charge is 0.338 e. The van der Waals surface area contributed by atoms with E-state index < -0.39 is 22.6 Å². The summed E-state index contributed by atoms with van der Waals surface area (Å²) in [5.41, 5.74) is 0.0820. The Labute approximate surface area is 155 Å². The van der Waals surface area contributed by atoms with Crippen molar-refractivity contribution in [1.82, 2.24) is 9.62 Å². The van der Waals surface area contributed by atoms with Gasteiger partial charge in [-0.2, -0.15) is 4.31 Å². The fourth-order valence-electron chi connectivity index (χ4n) is 2.20. The first-order chi connectivity index (χ1) is 12.1. The summed E-state index contributed by atoms with van der Waals surface area (Å²) in [4.78, 5) is 24.0. The highest BCUT2D eigenvalue weighted by Gasteiger charge is 2.24. The quantitative estimate of drug-likeness (QED) is 0.659. The van der Waals surface area contributed by atoms with E-state index in [0.717, 1.165) is 12.8 Å².